The van der Waals surface area contributed by atoms with Gasteiger partial charge in [0.2, 0.25) is 0 Å². The average molecular weight is 294 g/mol. The summed E-state index contributed by atoms with van der Waals surface area (Å²) in [5.74, 6) is 2.46. The molecule has 4 atom stereocenters. The van der Waals surface area contributed by atoms with Crippen molar-refractivity contribution in [1.82, 2.24) is 5.32 Å². The largest absolute Gasteiger partial charge is 0.310 e. The molecule has 2 rings (SSSR count). The fourth-order valence-electron chi connectivity index (χ4n) is 3.63. The molecule has 0 spiro atoms. The molecule has 0 radical (unpaired) electrons. The summed E-state index contributed by atoms with van der Waals surface area (Å²) in [5.41, 5.74) is 2.75. The maximum Gasteiger partial charge on any atom is 0.0408 e. The van der Waals surface area contributed by atoms with Gasteiger partial charge in [0.25, 0.3) is 0 Å². The topological polar surface area (TPSA) is 12.0 Å². The van der Waals surface area contributed by atoms with Crippen LogP contribution in [0.2, 0.25) is 5.02 Å². The van der Waals surface area contributed by atoms with Crippen molar-refractivity contribution in [3.05, 3.63) is 34.3 Å². The summed E-state index contributed by atoms with van der Waals surface area (Å²) in [5, 5.41) is 4.56. The van der Waals surface area contributed by atoms with Crippen molar-refractivity contribution in [3.63, 3.8) is 0 Å². The first-order valence-corrected chi connectivity index (χ1v) is 8.40. The lowest BCUT2D eigenvalue weighted by Gasteiger charge is -2.37. The smallest absolute Gasteiger partial charge is 0.0408 e. The van der Waals surface area contributed by atoms with Crippen molar-refractivity contribution in [2.24, 2.45) is 17.8 Å². The third-order valence-electron chi connectivity index (χ3n) is 5.10. The van der Waals surface area contributed by atoms with Crippen LogP contribution in [0.4, 0.5) is 0 Å². The molecule has 0 amide bonds. The molecule has 0 aliphatic heterocycles. The maximum atomic E-state index is 6.11. The van der Waals surface area contributed by atoms with E-state index in [0.717, 1.165) is 29.3 Å². The SMILES string of the molecule is CCNC(c1ccc(Cl)cc1C)C1CCC(C)C(C)C1. The minimum atomic E-state index is 0.479. The molecule has 1 fully saturated rings. The highest BCUT2D eigenvalue weighted by Crippen LogP contribution is 2.40. The average Bonchev–Trinajstić information content (AvgIpc) is 2.40. The molecule has 1 aromatic carbocycles. The summed E-state index contributed by atoms with van der Waals surface area (Å²) in [6, 6.07) is 6.82. The third-order valence-corrected chi connectivity index (χ3v) is 5.34. The van der Waals surface area contributed by atoms with E-state index in [1.165, 1.54) is 30.4 Å². The number of hydrogen-bond acceptors (Lipinski definition) is 1. The molecule has 0 bridgehead atoms. The Morgan fingerprint density at radius 3 is 2.60 bits per heavy atom. The van der Waals surface area contributed by atoms with E-state index in [1.54, 1.807) is 0 Å². The summed E-state index contributed by atoms with van der Waals surface area (Å²) < 4.78 is 0. The Bertz CT molecular complexity index is 443. The van der Waals surface area contributed by atoms with E-state index < -0.39 is 0 Å². The molecular weight excluding hydrogens is 266 g/mol. The van der Waals surface area contributed by atoms with Gasteiger partial charge in [-0.3, -0.25) is 0 Å². The number of aryl methyl sites for hydroxylation is 1. The van der Waals surface area contributed by atoms with E-state index >= 15 is 0 Å². The van der Waals surface area contributed by atoms with E-state index in [2.05, 4.69) is 45.1 Å². The zero-order chi connectivity index (χ0) is 14.7. The van der Waals surface area contributed by atoms with Crippen molar-refractivity contribution < 1.29 is 0 Å². The summed E-state index contributed by atoms with van der Waals surface area (Å²) in [6.07, 6.45) is 4.03. The van der Waals surface area contributed by atoms with E-state index in [0.29, 0.717) is 6.04 Å². The second kappa shape index (κ2) is 6.95. The van der Waals surface area contributed by atoms with Crippen LogP contribution in [-0.4, -0.2) is 6.54 Å². The second-order valence-electron chi connectivity index (χ2n) is 6.56. The summed E-state index contributed by atoms with van der Waals surface area (Å²) >= 11 is 6.11. The van der Waals surface area contributed by atoms with Gasteiger partial charge in [0.15, 0.2) is 0 Å². The maximum absolute atomic E-state index is 6.11. The Hall–Kier alpha value is -0.530. The molecule has 4 unspecified atom stereocenters. The first-order chi connectivity index (χ1) is 9.52. The zero-order valence-corrected chi connectivity index (χ0v) is 14.0. The normalized spacial score (nSPS) is 28.4. The summed E-state index contributed by atoms with van der Waals surface area (Å²) in [6.45, 7) is 10.2. The molecule has 1 aliphatic carbocycles. The molecule has 1 nitrogen and oxygen atoms in total. The highest BCUT2D eigenvalue weighted by Gasteiger charge is 2.31. The highest BCUT2D eigenvalue weighted by atomic mass is 35.5. The molecule has 1 N–H and O–H groups in total. The number of halogens is 1. The van der Waals surface area contributed by atoms with E-state index in [1.807, 2.05) is 6.07 Å². The predicted octanol–water partition coefficient (Wildman–Crippen LogP) is 5.37. The van der Waals surface area contributed by atoms with Crippen molar-refractivity contribution in [1.29, 1.82) is 0 Å². The third kappa shape index (κ3) is 3.56. The highest BCUT2D eigenvalue weighted by molar-refractivity contribution is 6.30. The van der Waals surface area contributed by atoms with Crippen LogP contribution in [0.5, 0.6) is 0 Å². The molecule has 1 aliphatic rings. The number of benzene rings is 1. The molecule has 20 heavy (non-hydrogen) atoms. The Balaban J connectivity index is 2.22. The molecule has 0 saturated heterocycles. The van der Waals surface area contributed by atoms with Gasteiger partial charge in [-0.2, -0.15) is 0 Å². The second-order valence-corrected chi connectivity index (χ2v) is 7.00. The van der Waals surface area contributed by atoms with Crippen LogP contribution in [0, 0.1) is 24.7 Å². The predicted molar refractivity (Wildman–Crippen MR) is 88.3 cm³/mol. The zero-order valence-electron chi connectivity index (χ0n) is 13.2. The van der Waals surface area contributed by atoms with Gasteiger partial charge in [-0.25, -0.2) is 0 Å². The van der Waals surface area contributed by atoms with Crippen molar-refractivity contribution in [3.8, 4) is 0 Å². The van der Waals surface area contributed by atoms with Gasteiger partial charge in [0, 0.05) is 11.1 Å². The van der Waals surface area contributed by atoms with Crippen LogP contribution in [0.15, 0.2) is 18.2 Å². The summed E-state index contributed by atoms with van der Waals surface area (Å²) in [4.78, 5) is 0. The van der Waals surface area contributed by atoms with Crippen LogP contribution in [0.25, 0.3) is 0 Å². The van der Waals surface area contributed by atoms with Crippen LogP contribution in [-0.2, 0) is 0 Å². The van der Waals surface area contributed by atoms with Crippen molar-refractivity contribution in [2.45, 2.75) is 53.0 Å². The van der Waals surface area contributed by atoms with E-state index in [9.17, 15) is 0 Å². The fraction of sp³-hybridized carbons (Fsp3) is 0.667. The lowest BCUT2D eigenvalue weighted by atomic mass is 9.71. The Morgan fingerprint density at radius 1 is 1.25 bits per heavy atom. The molecule has 2 heteroatoms. The van der Waals surface area contributed by atoms with E-state index in [4.69, 9.17) is 11.6 Å². The first kappa shape index (κ1) is 15.9. The van der Waals surface area contributed by atoms with Crippen LogP contribution in [0.1, 0.15) is 57.2 Å². The van der Waals surface area contributed by atoms with Crippen molar-refractivity contribution >= 4 is 11.6 Å². The molecule has 112 valence electrons. The Kier molecular flexibility index (Phi) is 5.51. The van der Waals surface area contributed by atoms with E-state index in [-0.39, 0.29) is 0 Å². The van der Waals surface area contributed by atoms with Gasteiger partial charge in [0.1, 0.15) is 0 Å². The number of nitrogens with one attached hydrogen (secondary N) is 1. The van der Waals surface area contributed by atoms with Gasteiger partial charge >= 0.3 is 0 Å². The Labute approximate surface area is 129 Å². The molecule has 0 heterocycles. The fourth-order valence-corrected chi connectivity index (χ4v) is 3.86. The quantitative estimate of drug-likeness (QED) is 0.787. The number of hydrogen-bond donors (Lipinski definition) is 1. The summed E-state index contributed by atoms with van der Waals surface area (Å²) in [7, 11) is 0. The Morgan fingerprint density at radius 2 is 2.00 bits per heavy atom. The molecule has 1 saturated carbocycles. The van der Waals surface area contributed by atoms with Gasteiger partial charge in [-0.15, -0.1) is 0 Å². The first-order valence-electron chi connectivity index (χ1n) is 8.02. The van der Waals surface area contributed by atoms with Gasteiger partial charge in [-0.1, -0.05) is 44.9 Å². The van der Waals surface area contributed by atoms with Crippen LogP contribution >= 0.6 is 11.6 Å². The monoisotopic (exact) mass is 293 g/mol. The lowest BCUT2D eigenvalue weighted by Crippen LogP contribution is -2.33. The van der Waals surface area contributed by atoms with Crippen molar-refractivity contribution in [2.75, 3.05) is 6.54 Å². The molecule has 1 aromatic rings. The van der Waals surface area contributed by atoms with Gasteiger partial charge in [-0.05, 0) is 67.3 Å². The molecular formula is C18H28ClN. The van der Waals surface area contributed by atoms with Gasteiger partial charge in [0.05, 0.1) is 0 Å². The van der Waals surface area contributed by atoms with Gasteiger partial charge < -0.3 is 5.32 Å². The van der Waals surface area contributed by atoms with Crippen LogP contribution < -0.4 is 5.32 Å². The standard InChI is InChI=1S/C18H28ClN/c1-5-20-18(15-7-6-12(2)13(3)10-15)17-9-8-16(19)11-14(17)4/h8-9,11-13,15,18,20H,5-7,10H2,1-4H3. The lowest BCUT2D eigenvalue weighted by molar-refractivity contribution is 0.171. The number of rotatable bonds is 4. The van der Waals surface area contributed by atoms with Crippen LogP contribution in [0.3, 0.4) is 0 Å². The minimum absolute atomic E-state index is 0.479. The molecule has 0 aromatic heterocycles. The minimum Gasteiger partial charge on any atom is -0.310 e.